The highest BCUT2D eigenvalue weighted by Crippen LogP contribution is 2.51. The van der Waals surface area contributed by atoms with Gasteiger partial charge in [-0.3, -0.25) is 4.99 Å². The van der Waals surface area contributed by atoms with Crippen LogP contribution in [-0.2, 0) is 23.9 Å². The van der Waals surface area contributed by atoms with Crippen molar-refractivity contribution in [2.75, 3.05) is 12.9 Å². The van der Waals surface area contributed by atoms with Crippen molar-refractivity contribution in [3.8, 4) is 11.9 Å². The van der Waals surface area contributed by atoms with Gasteiger partial charge >= 0.3 is 0 Å². The highest BCUT2D eigenvalue weighted by atomic mass is 32.2. The van der Waals surface area contributed by atoms with E-state index in [2.05, 4.69) is 52.8 Å². The molecule has 8 heteroatoms. The fourth-order valence-electron chi connectivity index (χ4n) is 7.03. The second-order valence-corrected chi connectivity index (χ2v) is 12.6. The van der Waals surface area contributed by atoms with Crippen molar-refractivity contribution in [3.05, 3.63) is 166 Å². The number of benzene rings is 4. The number of aromatic nitrogens is 1. The molecule has 5 nitrogen and oxygen atoms in total. The predicted octanol–water partition coefficient (Wildman–Crippen LogP) is 7.53. The standard InChI is InChI=1S/C38H30F2N4OS/c1-45-35-32-21-37(33-18-17-30(39)20-34(33)40)29(19-31(32)25(22-41)23-42-35)24-46-36(43-37)44-38(26-11-5-2-6-12-26,27-13-7-3-8-14-27)28-15-9-4-10-16-28/h2-18,20,23,29H,19,21,24H2,1H3,(H,43,44)/t29-,37-/m0/s1. The van der Waals surface area contributed by atoms with Gasteiger partial charge in [0.05, 0.1) is 18.2 Å². The summed E-state index contributed by atoms with van der Waals surface area (Å²) < 4.78 is 35.9. The first-order valence-electron chi connectivity index (χ1n) is 15.1. The van der Waals surface area contributed by atoms with Crippen molar-refractivity contribution in [2.45, 2.75) is 23.9 Å². The number of halogens is 2. The Morgan fingerprint density at radius 2 is 1.50 bits per heavy atom. The number of aliphatic imine (C=N–C) groups is 1. The fourth-order valence-corrected chi connectivity index (χ4v) is 8.23. The molecule has 2 heterocycles. The van der Waals surface area contributed by atoms with Gasteiger partial charge in [-0.15, -0.1) is 0 Å². The molecule has 0 unspecified atom stereocenters. The van der Waals surface area contributed by atoms with Gasteiger partial charge in [0.25, 0.3) is 0 Å². The van der Waals surface area contributed by atoms with Crippen molar-refractivity contribution in [3.63, 3.8) is 0 Å². The van der Waals surface area contributed by atoms with E-state index in [9.17, 15) is 9.65 Å². The first-order valence-corrected chi connectivity index (χ1v) is 16.0. The number of thioether (sulfide) groups is 1. The second-order valence-electron chi connectivity index (χ2n) is 11.6. The minimum Gasteiger partial charge on any atom is -0.481 e. The van der Waals surface area contributed by atoms with Crippen LogP contribution in [-0.4, -0.2) is 23.0 Å². The van der Waals surface area contributed by atoms with Crippen LogP contribution in [0.15, 0.2) is 120 Å². The number of nitrogens with one attached hydrogen (secondary N) is 1. The van der Waals surface area contributed by atoms with E-state index in [-0.39, 0.29) is 12.3 Å². The maximum Gasteiger partial charge on any atom is 0.216 e. The molecule has 0 saturated heterocycles. The number of fused-ring (bicyclic) bond motifs is 2. The third-order valence-electron chi connectivity index (χ3n) is 9.18. The lowest BCUT2D eigenvalue weighted by molar-refractivity contribution is 0.260. The average Bonchev–Trinajstić information content (AvgIpc) is 3.10. The van der Waals surface area contributed by atoms with E-state index in [1.165, 1.54) is 25.4 Å². The predicted molar refractivity (Wildman–Crippen MR) is 177 cm³/mol. The number of hydrogen-bond donors (Lipinski definition) is 1. The van der Waals surface area contributed by atoms with Gasteiger partial charge in [0, 0.05) is 41.5 Å². The summed E-state index contributed by atoms with van der Waals surface area (Å²) in [6.07, 6.45) is 2.24. The van der Waals surface area contributed by atoms with Gasteiger partial charge in [0.2, 0.25) is 5.88 Å². The highest BCUT2D eigenvalue weighted by Gasteiger charge is 2.51. The third kappa shape index (κ3) is 4.92. The van der Waals surface area contributed by atoms with Gasteiger partial charge in [-0.25, -0.2) is 13.8 Å². The molecule has 0 saturated carbocycles. The maximum absolute atomic E-state index is 15.9. The zero-order valence-corrected chi connectivity index (χ0v) is 25.9. The molecule has 4 aromatic carbocycles. The first-order chi connectivity index (χ1) is 22.5. The van der Waals surface area contributed by atoms with Crippen LogP contribution in [0.4, 0.5) is 8.78 Å². The molecule has 1 aliphatic carbocycles. The average molecular weight is 629 g/mol. The fraction of sp³-hybridized carbons (Fsp3) is 0.184. The molecule has 0 radical (unpaired) electrons. The zero-order valence-electron chi connectivity index (χ0n) is 25.1. The first kappa shape index (κ1) is 29.7. The van der Waals surface area contributed by atoms with Crippen LogP contribution in [0.25, 0.3) is 0 Å². The molecule has 0 amide bonds. The van der Waals surface area contributed by atoms with Crippen LogP contribution < -0.4 is 10.1 Å². The van der Waals surface area contributed by atoms with E-state index in [0.717, 1.165) is 33.9 Å². The minimum atomic E-state index is -1.11. The van der Waals surface area contributed by atoms with Crippen LogP contribution in [0, 0.1) is 28.9 Å². The Morgan fingerprint density at radius 3 is 2.04 bits per heavy atom. The van der Waals surface area contributed by atoms with Crippen LogP contribution in [0.3, 0.4) is 0 Å². The molecule has 2 atom stereocenters. The van der Waals surface area contributed by atoms with Crippen molar-refractivity contribution >= 4 is 16.9 Å². The van der Waals surface area contributed by atoms with Crippen LogP contribution >= 0.6 is 11.8 Å². The van der Waals surface area contributed by atoms with Gasteiger partial charge in [0.1, 0.15) is 23.2 Å². The zero-order chi connectivity index (χ0) is 31.7. The number of hydrogen-bond acceptors (Lipinski definition) is 6. The van der Waals surface area contributed by atoms with E-state index in [0.29, 0.717) is 34.3 Å². The van der Waals surface area contributed by atoms with E-state index >= 15 is 4.39 Å². The molecular formula is C38H30F2N4OS. The Balaban J connectivity index is 1.46. The van der Waals surface area contributed by atoms with Crippen molar-refractivity contribution in [1.82, 2.24) is 10.3 Å². The molecule has 228 valence electrons. The molecular weight excluding hydrogens is 599 g/mol. The van der Waals surface area contributed by atoms with Crippen LogP contribution in [0.5, 0.6) is 5.88 Å². The smallest absolute Gasteiger partial charge is 0.216 e. The summed E-state index contributed by atoms with van der Waals surface area (Å²) in [5.41, 5.74) is 3.42. The lowest BCUT2D eigenvalue weighted by Gasteiger charge is -2.47. The van der Waals surface area contributed by atoms with Gasteiger partial charge in [-0.1, -0.05) is 109 Å². The number of pyridine rings is 1. The summed E-state index contributed by atoms with van der Waals surface area (Å²) in [6.45, 7) is 0. The molecule has 1 N–H and O–H groups in total. The summed E-state index contributed by atoms with van der Waals surface area (Å²) in [5.74, 6) is -0.530. The molecule has 7 rings (SSSR count). The van der Waals surface area contributed by atoms with Crippen LogP contribution in [0.2, 0.25) is 0 Å². The molecule has 0 fully saturated rings. The minimum absolute atomic E-state index is 0.186. The number of nitriles is 1. The molecule has 0 bridgehead atoms. The topological polar surface area (TPSA) is 70.3 Å². The SMILES string of the molecule is COc1ncc(C#N)c2c1C[C@]1(c3ccc(F)cc3F)N=C(NC(c3ccccc3)(c3ccccc3)c3ccccc3)SC[C@@H]1C2. The molecule has 1 aromatic heterocycles. The number of ether oxygens (including phenoxy) is 1. The molecule has 2 aliphatic rings. The Morgan fingerprint density at radius 1 is 0.891 bits per heavy atom. The van der Waals surface area contributed by atoms with Gasteiger partial charge in [-0.05, 0) is 34.7 Å². The van der Waals surface area contributed by atoms with Crippen molar-refractivity contribution in [2.24, 2.45) is 10.9 Å². The van der Waals surface area contributed by atoms with E-state index in [4.69, 9.17) is 9.73 Å². The largest absolute Gasteiger partial charge is 0.481 e. The van der Waals surface area contributed by atoms with E-state index < -0.39 is 22.7 Å². The molecule has 0 spiro atoms. The lowest BCUT2D eigenvalue weighted by atomic mass is 9.67. The summed E-state index contributed by atoms with van der Waals surface area (Å²) in [5, 5.41) is 14.4. The third-order valence-corrected chi connectivity index (χ3v) is 10.2. The number of amidine groups is 1. The summed E-state index contributed by atoms with van der Waals surface area (Å²) in [4.78, 5) is 9.84. The summed E-state index contributed by atoms with van der Waals surface area (Å²) >= 11 is 1.57. The number of nitrogens with zero attached hydrogens (tertiary/aromatic N) is 3. The quantitative estimate of drug-likeness (QED) is 0.197. The molecule has 1 aliphatic heterocycles. The maximum atomic E-state index is 15.9. The lowest BCUT2D eigenvalue weighted by Crippen LogP contribution is -2.52. The monoisotopic (exact) mass is 628 g/mol. The van der Waals surface area contributed by atoms with Crippen molar-refractivity contribution < 1.29 is 13.5 Å². The normalized spacial score (nSPS) is 18.8. The Hall–Kier alpha value is -5.00. The Kier molecular flexibility index (Phi) is 7.79. The molecule has 46 heavy (non-hydrogen) atoms. The van der Waals surface area contributed by atoms with Crippen LogP contribution in [0.1, 0.15) is 38.9 Å². The van der Waals surface area contributed by atoms with Gasteiger partial charge in [0.15, 0.2) is 5.17 Å². The Bertz CT molecular complexity index is 1870. The summed E-state index contributed by atoms with van der Waals surface area (Å²) in [7, 11) is 1.53. The van der Waals surface area contributed by atoms with E-state index in [1.807, 2.05) is 54.6 Å². The Labute approximate surface area is 271 Å². The van der Waals surface area contributed by atoms with Gasteiger partial charge in [-0.2, -0.15) is 5.26 Å². The van der Waals surface area contributed by atoms with Gasteiger partial charge < -0.3 is 10.1 Å². The number of rotatable bonds is 6. The number of methoxy groups -OCH3 is 1. The van der Waals surface area contributed by atoms with E-state index in [1.54, 1.807) is 11.8 Å². The van der Waals surface area contributed by atoms with Crippen molar-refractivity contribution in [1.29, 1.82) is 5.26 Å². The second kappa shape index (κ2) is 12.1. The summed E-state index contributed by atoms with van der Waals surface area (Å²) in [6, 6.07) is 36.6. The molecule has 5 aromatic rings. The highest BCUT2D eigenvalue weighted by molar-refractivity contribution is 8.13.